The number of hydrogen-bond donors (Lipinski definition) is 1. The second-order valence-corrected chi connectivity index (χ2v) is 6.38. The molecule has 1 aromatic carbocycles. The van der Waals surface area contributed by atoms with Gasteiger partial charge in [-0.15, -0.1) is 0 Å². The number of carboxylic acids is 1. The maximum Gasteiger partial charge on any atom is 0.303 e. The molecule has 0 aromatic heterocycles. The molecule has 0 spiro atoms. The van der Waals surface area contributed by atoms with Gasteiger partial charge in [-0.2, -0.15) is 0 Å². The number of piperidine rings is 1. The Morgan fingerprint density at radius 3 is 2.42 bits per heavy atom. The quantitative estimate of drug-likeness (QED) is 0.743. The van der Waals surface area contributed by atoms with Crippen LogP contribution in [-0.4, -0.2) is 47.6 Å². The number of likely N-dealkylation sites (tertiary alicyclic amines) is 1. The van der Waals surface area contributed by atoms with E-state index in [2.05, 4.69) is 4.90 Å². The Bertz CT molecular complexity index is 525. The number of carbonyl (C=O) groups is 2. The summed E-state index contributed by atoms with van der Waals surface area (Å²) in [5.74, 6) is -0.536. The van der Waals surface area contributed by atoms with Crippen molar-refractivity contribution >= 4 is 17.6 Å². The number of aliphatic carboxylic acids is 1. The van der Waals surface area contributed by atoms with E-state index in [-0.39, 0.29) is 18.4 Å². The molecule has 0 bridgehead atoms. The van der Waals surface area contributed by atoms with Gasteiger partial charge in [0.25, 0.3) is 0 Å². The van der Waals surface area contributed by atoms with Crippen molar-refractivity contribution in [1.82, 2.24) is 4.90 Å². The fraction of sp³-hybridized carbons (Fsp3) is 0.579. The van der Waals surface area contributed by atoms with Crippen LogP contribution in [0.2, 0.25) is 0 Å². The molecule has 0 atom stereocenters. The van der Waals surface area contributed by atoms with Gasteiger partial charge < -0.3 is 14.9 Å². The third-order valence-electron chi connectivity index (χ3n) is 4.64. The van der Waals surface area contributed by atoms with Crippen LogP contribution in [0.1, 0.15) is 45.4 Å². The Kier molecular flexibility index (Phi) is 7.25. The molecule has 0 unspecified atom stereocenters. The zero-order chi connectivity index (χ0) is 17.4. The van der Waals surface area contributed by atoms with Crippen LogP contribution in [0.15, 0.2) is 30.3 Å². The summed E-state index contributed by atoms with van der Waals surface area (Å²) in [6.45, 7) is 4.80. The molecule has 0 saturated carbocycles. The molecular formula is C19H28N2O3. The van der Waals surface area contributed by atoms with Gasteiger partial charge in [-0.05, 0) is 44.4 Å². The van der Waals surface area contributed by atoms with Crippen molar-refractivity contribution in [1.29, 1.82) is 0 Å². The van der Waals surface area contributed by atoms with Gasteiger partial charge in [-0.25, -0.2) is 0 Å². The third kappa shape index (κ3) is 5.34. The van der Waals surface area contributed by atoms with Crippen LogP contribution in [-0.2, 0) is 9.59 Å². The summed E-state index contributed by atoms with van der Waals surface area (Å²) in [6, 6.07) is 10.2. The largest absolute Gasteiger partial charge is 0.481 e. The Hall–Kier alpha value is -1.88. The van der Waals surface area contributed by atoms with Crippen molar-refractivity contribution < 1.29 is 14.7 Å². The number of rotatable bonds is 8. The van der Waals surface area contributed by atoms with E-state index in [9.17, 15) is 9.59 Å². The van der Waals surface area contributed by atoms with E-state index in [1.165, 1.54) is 0 Å². The first-order chi connectivity index (χ1) is 11.6. The van der Waals surface area contributed by atoms with E-state index in [1.54, 1.807) is 0 Å². The molecule has 1 heterocycles. The minimum atomic E-state index is -0.717. The van der Waals surface area contributed by atoms with Crippen LogP contribution in [0.25, 0.3) is 0 Å². The lowest BCUT2D eigenvalue weighted by Crippen LogP contribution is -2.47. The topological polar surface area (TPSA) is 60.9 Å². The highest BCUT2D eigenvalue weighted by atomic mass is 16.4. The summed E-state index contributed by atoms with van der Waals surface area (Å²) in [5, 5.41) is 8.68. The lowest BCUT2D eigenvalue weighted by atomic mass is 10.0. The van der Waals surface area contributed by atoms with Gasteiger partial charge in [-0.1, -0.05) is 25.1 Å². The van der Waals surface area contributed by atoms with Crippen molar-refractivity contribution in [3.8, 4) is 0 Å². The maximum absolute atomic E-state index is 12.4. The average Bonchev–Trinajstić information content (AvgIpc) is 2.61. The normalized spacial score (nSPS) is 16.0. The van der Waals surface area contributed by atoms with Gasteiger partial charge in [0.05, 0.1) is 0 Å². The lowest BCUT2D eigenvalue weighted by molar-refractivity contribution is -0.137. The SMILES string of the molecule is CCC(=O)N(c1ccccc1)C1CCN(CCCCC(=O)O)CC1. The maximum atomic E-state index is 12.4. The second-order valence-electron chi connectivity index (χ2n) is 6.38. The smallest absolute Gasteiger partial charge is 0.303 e. The van der Waals surface area contributed by atoms with Crippen LogP contribution >= 0.6 is 0 Å². The van der Waals surface area contributed by atoms with Crippen molar-refractivity contribution in [3.05, 3.63) is 30.3 Å². The van der Waals surface area contributed by atoms with Gasteiger partial charge in [0.15, 0.2) is 0 Å². The van der Waals surface area contributed by atoms with Crippen molar-refractivity contribution in [3.63, 3.8) is 0 Å². The number of amides is 1. The number of anilines is 1. The molecule has 1 aliphatic heterocycles. The minimum Gasteiger partial charge on any atom is -0.481 e. The van der Waals surface area contributed by atoms with Crippen LogP contribution < -0.4 is 4.90 Å². The fourth-order valence-electron chi connectivity index (χ4n) is 3.33. The summed E-state index contributed by atoms with van der Waals surface area (Å²) in [4.78, 5) is 27.3. The summed E-state index contributed by atoms with van der Waals surface area (Å²) in [6.07, 6.45) is 4.37. The molecule has 0 aliphatic carbocycles. The molecule has 1 fully saturated rings. The standard InChI is InChI=1S/C19H28N2O3/c1-2-18(22)21(16-8-4-3-5-9-16)17-11-14-20(15-12-17)13-7-6-10-19(23)24/h3-5,8-9,17H,2,6-7,10-15H2,1H3,(H,23,24). The fourth-order valence-corrected chi connectivity index (χ4v) is 3.33. The van der Waals surface area contributed by atoms with Gasteiger partial charge in [0, 0.05) is 37.7 Å². The summed E-state index contributed by atoms with van der Waals surface area (Å²) >= 11 is 0. The number of carboxylic acid groups (broad SMARTS) is 1. The van der Waals surface area contributed by atoms with Crippen molar-refractivity contribution in [2.45, 2.75) is 51.5 Å². The highest BCUT2D eigenvalue weighted by molar-refractivity contribution is 5.93. The molecule has 5 nitrogen and oxygen atoms in total. The van der Waals surface area contributed by atoms with E-state index < -0.39 is 5.97 Å². The minimum absolute atomic E-state index is 0.182. The summed E-state index contributed by atoms with van der Waals surface area (Å²) in [5.41, 5.74) is 0.990. The lowest BCUT2D eigenvalue weighted by Gasteiger charge is -2.38. The van der Waals surface area contributed by atoms with Gasteiger partial charge in [-0.3, -0.25) is 9.59 Å². The van der Waals surface area contributed by atoms with E-state index >= 15 is 0 Å². The van der Waals surface area contributed by atoms with E-state index in [4.69, 9.17) is 5.11 Å². The Balaban J connectivity index is 1.86. The molecule has 0 radical (unpaired) electrons. The third-order valence-corrected chi connectivity index (χ3v) is 4.64. The molecule has 1 N–H and O–H groups in total. The summed E-state index contributed by atoms with van der Waals surface area (Å²) < 4.78 is 0. The molecule has 1 amide bonds. The predicted octanol–water partition coefficient (Wildman–Crippen LogP) is 3.15. The molecule has 132 valence electrons. The van der Waals surface area contributed by atoms with Gasteiger partial charge in [0.1, 0.15) is 0 Å². The molecule has 1 saturated heterocycles. The number of unbranched alkanes of at least 4 members (excludes halogenated alkanes) is 1. The molecular weight excluding hydrogens is 304 g/mol. The number of para-hydroxylation sites is 1. The Morgan fingerprint density at radius 2 is 1.83 bits per heavy atom. The van der Waals surface area contributed by atoms with Crippen LogP contribution in [0.5, 0.6) is 0 Å². The van der Waals surface area contributed by atoms with Gasteiger partial charge in [0.2, 0.25) is 5.91 Å². The molecule has 5 heteroatoms. The number of carbonyl (C=O) groups excluding carboxylic acids is 1. The predicted molar refractivity (Wildman–Crippen MR) is 95.2 cm³/mol. The van der Waals surface area contributed by atoms with Crippen molar-refractivity contribution in [2.24, 2.45) is 0 Å². The highest BCUT2D eigenvalue weighted by Crippen LogP contribution is 2.24. The van der Waals surface area contributed by atoms with E-state index in [0.29, 0.717) is 6.42 Å². The van der Waals surface area contributed by atoms with Gasteiger partial charge >= 0.3 is 5.97 Å². The van der Waals surface area contributed by atoms with Crippen LogP contribution in [0.4, 0.5) is 5.69 Å². The number of benzene rings is 1. The molecule has 2 rings (SSSR count). The summed E-state index contributed by atoms with van der Waals surface area (Å²) in [7, 11) is 0. The highest BCUT2D eigenvalue weighted by Gasteiger charge is 2.28. The average molecular weight is 332 g/mol. The first-order valence-electron chi connectivity index (χ1n) is 8.93. The Labute approximate surface area is 144 Å². The van der Waals surface area contributed by atoms with Crippen molar-refractivity contribution in [2.75, 3.05) is 24.5 Å². The zero-order valence-electron chi connectivity index (χ0n) is 14.5. The molecule has 1 aliphatic rings. The van der Waals surface area contributed by atoms with E-state index in [0.717, 1.165) is 51.0 Å². The number of hydrogen-bond acceptors (Lipinski definition) is 3. The molecule has 1 aromatic rings. The Morgan fingerprint density at radius 1 is 1.17 bits per heavy atom. The molecule has 24 heavy (non-hydrogen) atoms. The van der Waals surface area contributed by atoms with Crippen LogP contribution in [0, 0.1) is 0 Å². The monoisotopic (exact) mass is 332 g/mol. The number of nitrogens with zero attached hydrogens (tertiary/aromatic N) is 2. The second kappa shape index (κ2) is 9.42. The first kappa shape index (κ1) is 18.5. The van der Waals surface area contributed by atoms with Crippen LogP contribution in [0.3, 0.4) is 0 Å². The first-order valence-corrected chi connectivity index (χ1v) is 8.93. The zero-order valence-corrected chi connectivity index (χ0v) is 14.5. The van der Waals surface area contributed by atoms with E-state index in [1.807, 2.05) is 42.2 Å².